The molecule has 0 atom stereocenters. The maximum absolute atomic E-state index is 11.3. The molecule has 0 saturated carbocycles. The molecule has 0 spiro atoms. The molecule has 5 heteroatoms. The second-order valence-electron chi connectivity index (χ2n) is 3.87. The summed E-state index contributed by atoms with van der Waals surface area (Å²) in [5.41, 5.74) is 2.39. The molecule has 92 valence electrons. The fourth-order valence-electron chi connectivity index (χ4n) is 1.57. The number of ketones is 1. The van der Waals surface area contributed by atoms with Gasteiger partial charge in [-0.25, -0.2) is 4.98 Å². The van der Waals surface area contributed by atoms with Gasteiger partial charge in [-0.1, -0.05) is 0 Å². The molecule has 1 aromatic heterocycles. The van der Waals surface area contributed by atoms with E-state index in [-0.39, 0.29) is 18.2 Å². The Kier molecular flexibility index (Phi) is 3.32. The van der Waals surface area contributed by atoms with Gasteiger partial charge in [-0.05, 0) is 25.1 Å². The third-order valence-electron chi connectivity index (χ3n) is 2.55. The lowest BCUT2D eigenvalue weighted by Crippen LogP contribution is -2.06. The lowest BCUT2D eigenvalue weighted by Gasteiger charge is -2.02. The topological polar surface area (TPSA) is 69.2 Å². The molecule has 1 aromatic carbocycles. The molecule has 2 rings (SSSR count). The lowest BCUT2D eigenvalue weighted by molar-refractivity contribution is -0.139. The first-order valence-electron chi connectivity index (χ1n) is 5.43. The van der Waals surface area contributed by atoms with E-state index in [0.29, 0.717) is 22.3 Å². The highest BCUT2D eigenvalue weighted by Gasteiger charge is 2.07. The van der Waals surface area contributed by atoms with Crippen LogP contribution < -0.4 is 0 Å². The van der Waals surface area contributed by atoms with E-state index in [1.54, 1.807) is 18.2 Å². The van der Waals surface area contributed by atoms with E-state index in [4.69, 9.17) is 0 Å². The zero-order valence-electron chi connectivity index (χ0n) is 10.1. The lowest BCUT2D eigenvalue weighted by atomic mass is 10.1. The summed E-state index contributed by atoms with van der Waals surface area (Å²) in [6, 6.07) is 5.12. The summed E-state index contributed by atoms with van der Waals surface area (Å²) in [5, 5.41) is 0. The van der Waals surface area contributed by atoms with Gasteiger partial charge in [-0.2, -0.15) is 0 Å². The van der Waals surface area contributed by atoms with Crippen LogP contribution >= 0.6 is 0 Å². The largest absolute Gasteiger partial charge is 0.469 e. The molecular formula is C13H12N2O3. The Labute approximate surface area is 104 Å². The van der Waals surface area contributed by atoms with Crippen molar-refractivity contribution in [3.8, 4) is 0 Å². The maximum atomic E-state index is 11.3. The molecule has 0 aliphatic heterocycles. The number of hydrogen-bond donors (Lipinski definition) is 0. The predicted molar refractivity (Wildman–Crippen MR) is 65.3 cm³/mol. The van der Waals surface area contributed by atoms with Crippen molar-refractivity contribution in [2.45, 2.75) is 13.3 Å². The number of ether oxygens (including phenoxy) is 1. The average molecular weight is 244 g/mol. The average Bonchev–Trinajstić information content (AvgIpc) is 2.37. The minimum atomic E-state index is -0.369. The highest BCUT2D eigenvalue weighted by atomic mass is 16.5. The van der Waals surface area contributed by atoms with Gasteiger partial charge in [0.05, 0.1) is 30.3 Å². The number of Topliss-reactive ketones (excluding diaryl/α,β-unsaturated/α-hetero) is 1. The van der Waals surface area contributed by atoms with Gasteiger partial charge in [0.2, 0.25) is 0 Å². The van der Waals surface area contributed by atoms with Crippen LogP contribution in [0.5, 0.6) is 0 Å². The highest BCUT2D eigenvalue weighted by molar-refractivity contribution is 5.97. The van der Waals surface area contributed by atoms with Crippen LogP contribution in [0.4, 0.5) is 0 Å². The standard InChI is InChI=1S/C13H12N2O3/c1-8(16)9-3-4-11-12(5-9)15-10(7-14-11)6-13(17)18-2/h3-5,7H,6H2,1-2H3. The summed E-state index contributed by atoms with van der Waals surface area (Å²) >= 11 is 0. The Hall–Kier alpha value is -2.30. The van der Waals surface area contributed by atoms with Crippen molar-refractivity contribution in [2.24, 2.45) is 0 Å². The SMILES string of the molecule is COC(=O)Cc1cnc2ccc(C(C)=O)cc2n1. The molecule has 18 heavy (non-hydrogen) atoms. The number of aromatic nitrogens is 2. The minimum Gasteiger partial charge on any atom is -0.469 e. The van der Waals surface area contributed by atoms with Crippen LogP contribution in [-0.4, -0.2) is 28.8 Å². The van der Waals surface area contributed by atoms with Crippen LogP contribution in [0.1, 0.15) is 23.0 Å². The molecule has 0 saturated heterocycles. The Morgan fingerprint density at radius 3 is 2.72 bits per heavy atom. The van der Waals surface area contributed by atoms with Crippen LogP contribution in [0.15, 0.2) is 24.4 Å². The molecule has 0 N–H and O–H groups in total. The van der Waals surface area contributed by atoms with Gasteiger partial charge in [0.1, 0.15) is 0 Å². The third kappa shape index (κ3) is 2.51. The first-order valence-corrected chi connectivity index (χ1v) is 5.43. The zero-order chi connectivity index (χ0) is 13.1. The second-order valence-corrected chi connectivity index (χ2v) is 3.87. The number of nitrogens with zero attached hydrogens (tertiary/aromatic N) is 2. The summed E-state index contributed by atoms with van der Waals surface area (Å²) < 4.78 is 4.57. The number of rotatable bonds is 3. The van der Waals surface area contributed by atoms with Gasteiger partial charge in [-0.3, -0.25) is 14.6 Å². The van der Waals surface area contributed by atoms with Crippen molar-refractivity contribution in [1.29, 1.82) is 0 Å². The second kappa shape index (κ2) is 4.91. The zero-order valence-corrected chi connectivity index (χ0v) is 10.1. The van der Waals surface area contributed by atoms with E-state index < -0.39 is 0 Å². The normalized spacial score (nSPS) is 10.3. The van der Waals surface area contributed by atoms with Crippen molar-refractivity contribution in [1.82, 2.24) is 9.97 Å². The van der Waals surface area contributed by atoms with Gasteiger partial charge in [0.15, 0.2) is 5.78 Å². The van der Waals surface area contributed by atoms with Gasteiger partial charge >= 0.3 is 5.97 Å². The summed E-state index contributed by atoms with van der Waals surface area (Å²) in [7, 11) is 1.32. The molecule has 0 bridgehead atoms. The Bertz CT molecular complexity index is 623. The first kappa shape index (κ1) is 12.2. The van der Waals surface area contributed by atoms with Gasteiger partial charge in [0, 0.05) is 11.8 Å². The summed E-state index contributed by atoms with van der Waals surface area (Å²) in [5.74, 6) is -0.400. The van der Waals surface area contributed by atoms with Gasteiger partial charge < -0.3 is 4.74 Å². The number of carbonyl (C=O) groups excluding carboxylic acids is 2. The van der Waals surface area contributed by atoms with Crippen molar-refractivity contribution in [3.63, 3.8) is 0 Å². The molecule has 0 aliphatic carbocycles. The molecule has 1 heterocycles. The van der Waals surface area contributed by atoms with Crippen molar-refractivity contribution >= 4 is 22.8 Å². The molecule has 0 unspecified atom stereocenters. The van der Waals surface area contributed by atoms with E-state index in [0.717, 1.165) is 0 Å². The van der Waals surface area contributed by atoms with Crippen LogP contribution in [0.2, 0.25) is 0 Å². The van der Waals surface area contributed by atoms with E-state index >= 15 is 0 Å². The van der Waals surface area contributed by atoms with Gasteiger partial charge in [-0.15, -0.1) is 0 Å². The molecule has 0 fully saturated rings. The molecule has 0 amide bonds. The quantitative estimate of drug-likeness (QED) is 0.605. The summed E-state index contributed by atoms with van der Waals surface area (Å²) in [6.07, 6.45) is 1.61. The number of esters is 1. The molecule has 0 radical (unpaired) electrons. The number of hydrogen-bond acceptors (Lipinski definition) is 5. The molecule has 5 nitrogen and oxygen atoms in total. The minimum absolute atomic E-state index is 0.0305. The van der Waals surface area contributed by atoms with Gasteiger partial charge in [0.25, 0.3) is 0 Å². The highest BCUT2D eigenvalue weighted by Crippen LogP contribution is 2.13. The smallest absolute Gasteiger partial charge is 0.311 e. The predicted octanol–water partition coefficient (Wildman–Crippen LogP) is 1.55. The monoisotopic (exact) mass is 244 g/mol. The molecular weight excluding hydrogens is 232 g/mol. The number of benzene rings is 1. The van der Waals surface area contributed by atoms with E-state index in [2.05, 4.69) is 14.7 Å². The van der Waals surface area contributed by atoms with E-state index in [1.165, 1.54) is 20.2 Å². The fraction of sp³-hybridized carbons (Fsp3) is 0.231. The molecule has 0 aliphatic rings. The van der Waals surface area contributed by atoms with Crippen molar-refractivity contribution < 1.29 is 14.3 Å². The maximum Gasteiger partial charge on any atom is 0.311 e. The Morgan fingerprint density at radius 2 is 2.06 bits per heavy atom. The summed E-state index contributed by atoms with van der Waals surface area (Å²) in [4.78, 5) is 30.9. The third-order valence-corrected chi connectivity index (χ3v) is 2.55. The van der Waals surface area contributed by atoms with E-state index in [9.17, 15) is 9.59 Å². The van der Waals surface area contributed by atoms with Crippen LogP contribution in [-0.2, 0) is 16.0 Å². The number of fused-ring (bicyclic) bond motifs is 1. The van der Waals surface area contributed by atoms with Crippen LogP contribution in [0.25, 0.3) is 11.0 Å². The fourth-order valence-corrected chi connectivity index (χ4v) is 1.57. The first-order chi connectivity index (χ1) is 8.60. The van der Waals surface area contributed by atoms with Crippen LogP contribution in [0.3, 0.4) is 0 Å². The van der Waals surface area contributed by atoms with Crippen molar-refractivity contribution in [3.05, 3.63) is 35.7 Å². The van der Waals surface area contributed by atoms with E-state index in [1.807, 2.05) is 0 Å². The number of carbonyl (C=O) groups is 2. The molecule has 2 aromatic rings. The Balaban J connectivity index is 2.42. The number of methoxy groups -OCH3 is 1. The Morgan fingerprint density at radius 1 is 1.28 bits per heavy atom. The van der Waals surface area contributed by atoms with Crippen LogP contribution in [0, 0.1) is 0 Å². The van der Waals surface area contributed by atoms with Crippen molar-refractivity contribution in [2.75, 3.05) is 7.11 Å². The summed E-state index contributed by atoms with van der Waals surface area (Å²) in [6.45, 7) is 1.49.